The minimum atomic E-state index is 0.235. The first-order valence-electron chi connectivity index (χ1n) is 6.32. The standard InChI is InChI=1S/C17H18O2/c1-12-13(2)17(19)15(11-16(12)18)10-6-9-14-7-4-3-5-8-14/h3-9,11,18-19H,10H2,1-2H3/b9-6+. The van der Waals surface area contributed by atoms with Gasteiger partial charge < -0.3 is 10.2 Å². The first-order valence-corrected chi connectivity index (χ1v) is 6.32. The van der Waals surface area contributed by atoms with E-state index in [9.17, 15) is 10.2 Å². The Hall–Kier alpha value is -2.22. The van der Waals surface area contributed by atoms with Crippen LogP contribution in [0.4, 0.5) is 0 Å². The van der Waals surface area contributed by atoms with Gasteiger partial charge in [-0.3, -0.25) is 0 Å². The Labute approximate surface area is 113 Å². The van der Waals surface area contributed by atoms with E-state index >= 15 is 0 Å². The van der Waals surface area contributed by atoms with Gasteiger partial charge in [0.05, 0.1) is 0 Å². The van der Waals surface area contributed by atoms with Crippen molar-refractivity contribution in [3.05, 3.63) is 64.7 Å². The minimum absolute atomic E-state index is 0.235. The summed E-state index contributed by atoms with van der Waals surface area (Å²) in [7, 11) is 0. The first kappa shape index (κ1) is 13.2. The fourth-order valence-electron chi connectivity index (χ4n) is 1.99. The third-order valence-corrected chi connectivity index (χ3v) is 3.36. The van der Waals surface area contributed by atoms with Crippen LogP contribution in [0.3, 0.4) is 0 Å². The van der Waals surface area contributed by atoms with E-state index in [1.54, 1.807) is 13.0 Å². The van der Waals surface area contributed by atoms with E-state index in [0.29, 0.717) is 6.42 Å². The Morgan fingerprint density at radius 2 is 1.68 bits per heavy atom. The maximum Gasteiger partial charge on any atom is 0.122 e. The number of hydrogen-bond acceptors (Lipinski definition) is 2. The number of benzene rings is 2. The maximum absolute atomic E-state index is 10.1. The van der Waals surface area contributed by atoms with Crippen LogP contribution in [0.2, 0.25) is 0 Å². The second-order valence-electron chi connectivity index (χ2n) is 4.67. The number of allylic oxidation sites excluding steroid dienone is 1. The summed E-state index contributed by atoms with van der Waals surface area (Å²) >= 11 is 0. The van der Waals surface area contributed by atoms with Crippen molar-refractivity contribution in [2.24, 2.45) is 0 Å². The number of aromatic hydroxyl groups is 2. The molecule has 0 heterocycles. The number of hydrogen-bond donors (Lipinski definition) is 2. The fraction of sp³-hybridized carbons (Fsp3) is 0.176. The third-order valence-electron chi connectivity index (χ3n) is 3.36. The lowest BCUT2D eigenvalue weighted by molar-refractivity contribution is 0.448. The molecule has 0 aliphatic carbocycles. The van der Waals surface area contributed by atoms with Crippen LogP contribution in [0.25, 0.3) is 6.08 Å². The summed E-state index contributed by atoms with van der Waals surface area (Å²) in [4.78, 5) is 0. The van der Waals surface area contributed by atoms with Gasteiger partial charge in [0.25, 0.3) is 0 Å². The minimum Gasteiger partial charge on any atom is -0.508 e. The van der Waals surface area contributed by atoms with Gasteiger partial charge in [0.15, 0.2) is 0 Å². The van der Waals surface area contributed by atoms with Crippen LogP contribution in [0.5, 0.6) is 11.5 Å². The van der Waals surface area contributed by atoms with Crippen LogP contribution in [0, 0.1) is 13.8 Å². The van der Waals surface area contributed by atoms with E-state index in [1.165, 1.54) is 0 Å². The topological polar surface area (TPSA) is 40.5 Å². The molecule has 98 valence electrons. The number of rotatable bonds is 3. The lowest BCUT2D eigenvalue weighted by atomic mass is 10.0. The zero-order chi connectivity index (χ0) is 13.8. The summed E-state index contributed by atoms with van der Waals surface area (Å²) in [5.41, 5.74) is 3.33. The van der Waals surface area contributed by atoms with Gasteiger partial charge in [0, 0.05) is 5.56 Å². The van der Waals surface area contributed by atoms with Crippen molar-refractivity contribution in [2.45, 2.75) is 20.3 Å². The molecule has 0 aliphatic rings. The number of phenolic OH excluding ortho intramolecular Hbond substituents is 2. The smallest absolute Gasteiger partial charge is 0.122 e. The average Bonchev–Trinajstić information content (AvgIpc) is 2.43. The maximum atomic E-state index is 10.1. The van der Waals surface area contributed by atoms with E-state index < -0.39 is 0 Å². The average molecular weight is 254 g/mol. The van der Waals surface area contributed by atoms with Gasteiger partial charge in [0.2, 0.25) is 0 Å². The van der Waals surface area contributed by atoms with Gasteiger partial charge in [-0.1, -0.05) is 42.5 Å². The molecule has 2 N–H and O–H groups in total. The molecule has 0 bridgehead atoms. The SMILES string of the molecule is Cc1c(O)cc(C/C=C/c2ccccc2)c(O)c1C. The second kappa shape index (κ2) is 5.61. The van der Waals surface area contributed by atoms with E-state index in [-0.39, 0.29) is 11.5 Å². The van der Waals surface area contributed by atoms with Crippen molar-refractivity contribution in [3.8, 4) is 11.5 Å². The Bertz CT molecular complexity index is 598. The largest absolute Gasteiger partial charge is 0.508 e. The van der Waals surface area contributed by atoms with Gasteiger partial charge in [-0.15, -0.1) is 0 Å². The lowest BCUT2D eigenvalue weighted by Gasteiger charge is -2.10. The highest BCUT2D eigenvalue weighted by molar-refractivity contribution is 5.54. The molecule has 0 aromatic heterocycles. The molecule has 2 rings (SSSR count). The first-order chi connectivity index (χ1) is 9.09. The molecule has 0 saturated carbocycles. The third kappa shape index (κ3) is 2.97. The monoisotopic (exact) mass is 254 g/mol. The van der Waals surface area contributed by atoms with Crippen LogP contribution in [-0.4, -0.2) is 10.2 Å². The molecule has 19 heavy (non-hydrogen) atoms. The highest BCUT2D eigenvalue weighted by Gasteiger charge is 2.09. The Balaban J connectivity index is 2.19. The molecule has 0 aliphatic heterocycles. The van der Waals surface area contributed by atoms with E-state index in [4.69, 9.17) is 0 Å². The predicted octanol–water partition coefficient (Wildman–Crippen LogP) is 3.97. The van der Waals surface area contributed by atoms with Crippen molar-refractivity contribution < 1.29 is 10.2 Å². The lowest BCUT2D eigenvalue weighted by Crippen LogP contribution is -1.90. The summed E-state index contributed by atoms with van der Waals surface area (Å²) < 4.78 is 0. The summed E-state index contributed by atoms with van der Waals surface area (Å²) in [6, 6.07) is 11.6. The molecule has 2 aromatic carbocycles. The molecule has 0 amide bonds. The van der Waals surface area contributed by atoms with E-state index in [2.05, 4.69) is 0 Å². The molecule has 2 nitrogen and oxygen atoms in total. The van der Waals surface area contributed by atoms with Crippen LogP contribution in [-0.2, 0) is 6.42 Å². The summed E-state index contributed by atoms with van der Waals surface area (Å²) in [6.45, 7) is 3.61. The van der Waals surface area contributed by atoms with Crippen LogP contribution in [0.1, 0.15) is 22.3 Å². The molecule has 2 aromatic rings. The molecular formula is C17H18O2. The van der Waals surface area contributed by atoms with Gasteiger partial charge in [-0.05, 0) is 43.0 Å². The molecule has 2 heteroatoms. The Kier molecular flexibility index (Phi) is 3.91. The van der Waals surface area contributed by atoms with Crippen LogP contribution >= 0.6 is 0 Å². The highest BCUT2D eigenvalue weighted by atomic mass is 16.3. The Morgan fingerprint density at radius 3 is 2.37 bits per heavy atom. The van der Waals surface area contributed by atoms with E-state index in [0.717, 1.165) is 22.3 Å². The predicted molar refractivity (Wildman–Crippen MR) is 78.4 cm³/mol. The molecule has 0 fully saturated rings. The highest BCUT2D eigenvalue weighted by Crippen LogP contribution is 2.32. The van der Waals surface area contributed by atoms with Crippen molar-refractivity contribution in [3.63, 3.8) is 0 Å². The van der Waals surface area contributed by atoms with Gasteiger partial charge in [-0.2, -0.15) is 0 Å². The zero-order valence-electron chi connectivity index (χ0n) is 11.2. The van der Waals surface area contributed by atoms with Crippen molar-refractivity contribution in [1.82, 2.24) is 0 Å². The van der Waals surface area contributed by atoms with Crippen LogP contribution in [0.15, 0.2) is 42.5 Å². The molecule has 0 radical (unpaired) electrons. The number of phenols is 2. The summed E-state index contributed by atoms with van der Waals surface area (Å²) in [5.74, 6) is 0.506. The fourth-order valence-corrected chi connectivity index (χ4v) is 1.99. The summed E-state index contributed by atoms with van der Waals surface area (Å²) in [6.07, 6.45) is 4.58. The van der Waals surface area contributed by atoms with E-state index in [1.807, 2.05) is 49.4 Å². The zero-order valence-corrected chi connectivity index (χ0v) is 11.2. The summed E-state index contributed by atoms with van der Waals surface area (Å²) in [5, 5.41) is 19.8. The van der Waals surface area contributed by atoms with Crippen molar-refractivity contribution >= 4 is 6.08 Å². The molecule has 0 atom stereocenters. The van der Waals surface area contributed by atoms with Gasteiger partial charge >= 0.3 is 0 Å². The van der Waals surface area contributed by atoms with Crippen molar-refractivity contribution in [2.75, 3.05) is 0 Å². The molecule has 0 saturated heterocycles. The second-order valence-corrected chi connectivity index (χ2v) is 4.67. The van der Waals surface area contributed by atoms with Gasteiger partial charge in [-0.25, -0.2) is 0 Å². The molecular weight excluding hydrogens is 236 g/mol. The van der Waals surface area contributed by atoms with Crippen molar-refractivity contribution in [1.29, 1.82) is 0 Å². The quantitative estimate of drug-likeness (QED) is 0.814. The normalized spacial score (nSPS) is 11.1. The van der Waals surface area contributed by atoms with Gasteiger partial charge in [0.1, 0.15) is 11.5 Å². The van der Waals surface area contributed by atoms with Crippen LogP contribution < -0.4 is 0 Å². The Morgan fingerprint density at radius 1 is 1.00 bits per heavy atom. The molecule has 0 spiro atoms. The molecule has 0 unspecified atom stereocenters.